The zero-order valence-electron chi connectivity index (χ0n) is 14.5. The standard InChI is InChI=1S/C19H20ClNO4S/c1-3-26(24)17-10-5-4-9-16(17)19(23)25-12-18(22)21-13(2)14-7-6-8-15(20)11-14/h4-11,13H,3,12H2,1-2H3,(H,21,22)/t13-,26+/m1/s1. The van der Waals surface area contributed by atoms with Crippen LogP contribution >= 0.6 is 11.6 Å². The van der Waals surface area contributed by atoms with Gasteiger partial charge in [0.05, 0.1) is 27.3 Å². The van der Waals surface area contributed by atoms with E-state index in [1.54, 1.807) is 43.3 Å². The molecule has 2 aromatic rings. The largest absolute Gasteiger partial charge is 0.452 e. The zero-order chi connectivity index (χ0) is 19.1. The molecule has 0 unspecified atom stereocenters. The highest BCUT2D eigenvalue weighted by molar-refractivity contribution is 7.85. The van der Waals surface area contributed by atoms with E-state index in [4.69, 9.17) is 16.3 Å². The van der Waals surface area contributed by atoms with Crippen molar-refractivity contribution in [1.82, 2.24) is 5.32 Å². The highest BCUT2D eigenvalue weighted by Crippen LogP contribution is 2.18. The lowest BCUT2D eigenvalue weighted by Crippen LogP contribution is -2.31. The highest BCUT2D eigenvalue weighted by atomic mass is 35.5. The second-order valence-electron chi connectivity index (χ2n) is 5.55. The van der Waals surface area contributed by atoms with E-state index < -0.39 is 29.3 Å². The number of halogens is 1. The summed E-state index contributed by atoms with van der Waals surface area (Å²) in [5.74, 6) is -0.713. The van der Waals surface area contributed by atoms with E-state index in [9.17, 15) is 13.8 Å². The molecule has 7 heteroatoms. The van der Waals surface area contributed by atoms with Gasteiger partial charge in [0.2, 0.25) is 0 Å². The van der Waals surface area contributed by atoms with Gasteiger partial charge in [0.25, 0.3) is 5.91 Å². The summed E-state index contributed by atoms with van der Waals surface area (Å²) in [6.45, 7) is 3.16. The minimum atomic E-state index is -1.29. The van der Waals surface area contributed by atoms with Gasteiger partial charge >= 0.3 is 5.97 Å². The molecule has 0 spiro atoms. The summed E-state index contributed by atoms with van der Waals surface area (Å²) in [6.07, 6.45) is 0. The van der Waals surface area contributed by atoms with Gasteiger partial charge in [-0.2, -0.15) is 0 Å². The van der Waals surface area contributed by atoms with Gasteiger partial charge in [0.15, 0.2) is 6.61 Å². The monoisotopic (exact) mass is 393 g/mol. The van der Waals surface area contributed by atoms with Crippen molar-refractivity contribution in [2.24, 2.45) is 0 Å². The average molecular weight is 394 g/mol. The summed E-state index contributed by atoms with van der Waals surface area (Å²) in [6, 6.07) is 13.4. The van der Waals surface area contributed by atoms with Gasteiger partial charge in [-0.05, 0) is 36.8 Å². The molecule has 26 heavy (non-hydrogen) atoms. The lowest BCUT2D eigenvalue weighted by atomic mass is 10.1. The number of amides is 1. The molecule has 0 aliphatic rings. The third kappa shape index (κ3) is 5.41. The first-order valence-electron chi connectivity index (χ1n) is 8.11. The second-order valence-corrected chi connectivity index (χ2v) is 7.70. The number of ether oxygens (including phenoxy) is 1. The average Bonchev–Trinajstić information content (AvgIpc) is 2.65. The molecule has 5 nitrogen and oxygen atoms in total. The number of carbonyl (C=O) groups is 2. The Labute approximate surface area is 160 Å². The molecule has 0 aromatic heterocycles. The van der Waals surface area contributed by atoms with Crippen LogP contribution in [0.5, 0.6) is 0 Å². The van der Waals surface area contributed by atoms with Crippen molar-refractivity contribution in [3.63, 3.8) is 0 Å². The van der Waals surface area contributed by atoms with Crippen LogP contribution in [0.2, 0.25) is 5.02 Å². The van der Waals surface area contributed by atoms with E-state index in [2.05, 4.69) is 5.32 Å². The Morgan fingerprint density at radius 2 is 1.92 bits per heavy atom. The first-order chi connectivity index (χ1) is 12.4. The van der Waals surface area contributed by atoms with E-state index in [1.165, 1.54) is 6.07 Å². The van der Waals surface area contributed by atoms with Gasteiger partial charge in [-0.3, -0.25) is 9.00 Å². The Bertz CT molecular complexity index is 825. The van der Waals surface area contributed by atoms with Crippen molar-refractivity contribution in [3.8, 4) is 0 Å². The van der Waals surface area contributed by atoms with Crippen molar-refractivity contribution >= 4 is 34.3 Å². The molecule has 1 amide bonds. The molecule has 138 valence electrons. The molecule has 0 radical (unpaired) electrons. The van der Waals surface area contributed by atoms with Crippen LogP contribution in [0.25, 0.3) is 0 Å². The molecule has 0 aliphatic heterocycles. The quantitative estimate of drug-likeness (QED) is 0.731. The van der Waals surface area contributed by atoms with Gasteiger partial charge in [-0.15, -0.1) is 0 Å². The number of esters is 1. The van der Waals surface area contributed by atoms with Crippen molar-refractivity contribution in [2.45, 2.75) is 24.8 Å². The third-order valence-corrected chi connectivity index (χ3v) is 5.28. The number of hydrogen-bond acceptors (Lipinski definition) is 4. The molecule has 0 saturated heterocycles. The first-order valence-corrected chi connectivity index (χ1v) is 9.81. The molecule has 0 saturated carbocycles. The van der Waals surface area contributed by atoms with Crippen molar-refractivity contribution < 1.29 is 18.5 Å². The molecule has 0 bridgehead atoms. The van der Waals surface area contributed by atoms with Gasteiger partial charge in [-0.25, -0.2) is 4.79 Å². The van der Waals surface area contributed by atoms with Gasteiger partial charge < -0.3 is 10.1 Å². The normalized spacial score (nSPS) is 12.9. The van der Waals surface area contributed by atoms with Gasteiger partial charge in [0.1, 0.15) is 0 Å². The van der Waals surface area contributed by atoms with Crippen LogP contribution in [0, 0.1) is 0 Å². The maximum atomic E-state index is 12.2. The maximum absolute atomic E-state index is 12.2. The highest BCUT2D eigenvalue weighted by Gasteiger charge is 2.18. The molecular formula is C19H20ClNO4S. The van der Waals surface area contributed by atoms with E-state index in [-0.39, 0.29) is 11.6 Å². The van der Waals surface area contributed by atoms with Crippen LogP contribution in [0.4, 0.5) is 0 Å². The van der Waals surface area contributed by atoms with Crippen molar-refractivity contribution in [1.29, 1.82) is 0 Å². The van der Waals surface area contributed by atoms with Crippen LogP contribution in [0.1, 0.15) is 35.8 Å². The fourth-order valence-corrected chi connectivity index (χ4v) is 3.48. The maximum Gasteiger partial charge on any atom is 0.339 e. The third-order valence-electron chi connectivity index (χ3n) is 3.67. The Morgan fingerprint density at radius 3 is 2.62 bits per heavy atom. The molecule has 1 N–H and O–H groups in total. The lowest BCUT2D eigenvalue weighted by molar-refractivity contribution is -0.124. The summed E-state index contributed by atoms with van der Waals surface area (Å²) in [4.78, 5) is 24.7. The first kappa shape index (κ1) is 20.1. The summed E-state index contributed by atoms with van der Waals surface area (Å²) in [5.41, 5.74) is 1.06. The summed E-state index contributed by atoms with van der Waals surface area (Å²) in [5, 5.41) is 3.32. The van der Waals surface area contributed by atoms with Crippen LogP contribution in [0.15, 0.2) is 53.4 Å². The number of benzene rings is 2. The van der Waals surface area contributed by atoms with E-state index in [0.29, 0.717) is 15.7 Å². The van der Waals surface area contributed by atoms with Crippen LogP contribution in [0.3, 0.4) is 0 Å². The molecule has 2 atom stereocenters. The molecular weight excluding hydrogens is 374 g/mol. The number of carbonyl (C=O) groups excluding carboxylic acids is 2. The Kier molecular flexibility index (Phi) is 7.36. The van der Waals surface area contributed by atoms with E-state index >= 15 is 0 Å². The van der Waals surface area contributed by atoms with Crippen molar-refractivity contribution in [3.05, 3.63) is 64.7 Å². The minimum absolute atomic E-state index is 0.211. The predicted octanol–water partition coefficient (Wildman–Crippen LogP) is 3.50. The van der Waals surface area contributed by atoms with E-state index in [1.807, 2.05) is 13.0 Å². The smallest absolute Gasteiger partial charge is 0.339 e. The topological polar surface area (TPSA) is 72.5 Å². The fourth-order valence-electron chi connectivity index (χ4n) is 2.34. The number of nitrogens with one attached hydrogen (secondary N) is 1. The van der Waals surface area contributed by atoms with Crippen molar-refractivity contribution in [2.75, 3.05) is 12.4 Å². The summed E-state index contributed by atoms with van der Waals surface area (Å²) < 4.78 is 17.1. The van der Waals surface area contributed by atoms with Gasteiger partial charge in [0, 0.05) is 10.8 Å². The molecule has 0 fully saturated rings. The lowest BCUT2D eigenvalue weighted by Gasteiger charge is -2.15. The Morgan fingerprint density at radius 1 is 1.19 bits per heavy atom. The van der Waals surface area contributed by atoms with Crippen LogP contribution < -0.4 is 5.32 Å². The molecule has 2 aromatic carbocycles. The Balaban J connectivity index is 1.95. The fraction of sp³-hybridized carbons (Fsp3) is 0.263. The summed E-state index contributed by atoms with van der Waals surface area (Å²) >= 11 is 5.94. The SMILES string of the molecule is CC[S@](=O)c1ccccc1C(=O)OCC(=O)N[C@H](C)c1cccc(Cl)c1. The number of hydrogen-bond donors (Lipinski definition) is 1. The second kappa shape index (κ2) is 9.50. The summed E-state index contributed by atoms with van der Waals surface area (Å²) in [7, 11) is -1.29. The van der Waals surface area contributed by atoms with Gasteiger partial charge in [-0.1, -0.05) is 42.8 Å². The molecule has 0 heterocycles. The van der Waals surface area contributed by atoms with Crippen LogP contribution in [-0.4, -0.2) is 28.4 Å². The molecule has 2 rings (SSSR count). The zero-order valence-corrected chi connectivity index (χ0v) is 16.1. The van der Waals surface area contributed by atoms with Crippen LogP contribution in [-0.2, 0) is 20.3 Å². The Hall–Kier alpha value is -2.18. The number of rotatable bonds is 7. The minimum Gasteiger partial charge on any atom is -0.452 e. The predicted molar refractivity (Wildman–Crippen MR) is 102 cm³/mol. The molecule has 0 aliphatic carbocycles. The van der Waals surface area contributed by atoms with E-state index in [0.717, 1.165) is 5.56 Å².